The fourth-order valence-electron chi connectivity index (χ4n) is 4.01. The molecule has 0 saturated carbocycles. The number of anilines is 1. The Bertz CT molecular complexity index is 1190. The van der Waals surface area contributed by atoms with Crippen molar-refractivity contribution < 1.29 is 14.5 Å². The summed E-state index contributed by atoms with van der Waals surface area (Å²) in [7, 11) is 0. The molecule has 0 bridgehead atoms. The number of amides is 2. The highest BCUT2D eigenvalue weighted by molar-refractivity contribution is 7.08. The molecule has 176 valence electrons. The minimum absolute atomic E-state index is 0.0120. The molecule has 0 aliphatic carbocycles. The molecule has 1 aliphatic rings. The molecule has 1 atom stereocenters. The van der Waals surface area contributed by atoms with Gasteiger partial charge in [0.2, 0.25) is 5.91 Å². The van der Waals surface area contributed by atoms with Gasteiger partial charge >= 0.3 is 0 Å². The number of halogens is 1. The van der Waals surface area contributed by atoms with E-state index >= 15 is 0 Å². The second kappa shape index (κ2) is 10.2. The van der Waals surface area contributed by atoms with Crippen LogP contribution < -0.4 is 10.2 Å². The van der Waals surface area contributed by atoms with E-state index in [1.54, 1.807) is 29.2 Å². The maximum absolute atomic E-state index is 13.2. The third-order valence-electron chi connectivity index (χ3n) is 5.86. The Morgan fingerprint density at radius 2 is 1.76 bits per heavy atom. The molecular formula is C24H23ClN4O4S. The van der Waals surface area contributed by atoms with Gasteiger partial charge in [-0.15, -0.1) is 0 Å². The highest BCUT2D eigenvalue weighted by atomic mass is 35.5. The molecule has 1 saturated heterocycles. The number of thiophene rings is 1. The smallest absolute Gasteiger partial charge is 0.293 e. The number of nitro benzene ring substituents is 1. The first-order valence-electron chi connectivity index (χ1n) is 10.7. The molecule has 1 N–H and O–H groups in total. The van der Waals surface area contributed by atoms with Crippen molar-refractivity contribution in [3.63, 3.8) is 0 Å². The average molecular weight is 499 g/mol. The van der Waals surface area contributed by atoms with Crippen molar-refractivity contribution in [2.45, 2.75) is 13.0 Å². The molecule has 1 aromatic heterocycles. The molecule has 0 spiro atoms. The number of rotatable bonds is 6. The lowest BCUT2D eigenvalue weighted by Gasteiger charge is -2.35. The number of nitro groups is 1. The van der Waals surface area contributed by atoms with Gasteiger partial charge in [-0.2, -0.15) is 11.3 Å². The Balaban J connectivity index is 1.58. The molecule has 2 heterocycles. The van der Waals surface area contributed by atoms with Gasteiger partial charge in [0.25, 0.3) is 11.6 Å². The molecule has 0 radical (unpaired) electrons. The van der Waals surface area contributed by atoms with Crippen molar-refractivity contribution >= 4 is 46.1 Å². The number of piperazine rings is 1. The summed E-state index contributed by atoms with van der Waals surface area (Å²) >= 11 is 7.54. The third kappa shape index (κ3) is 5.21. The Labute approximate surface area is 205 Å². The maximum atomic E-state index is 13.2. The number of carbonyl (C=O) groups excluding carboxylic acids is 2. The lowest BCUT2D eigenvalue weighted by atomic mass is 10.0. The van der Waals surface area contributed by atoms with Crippen molar-refractivity contribution in [1.29, 1.82) is 0 Å². The summed E-state index contributed by atoms with van der Waals surface area (Å²) in [6.07, 6.45) is 0. The van der Waals surface area contributed by atoms with E-state index in [9.17, 15) is 19.7 Å². The molecule has 3 aromatic rings. The van der Waals surface area contributed by atoms with Crippen molar-refractivity contribution in [3.05, 3.63) is 91.1 Å². The molecule has 1 unspecified atom stereocenters. The van der Waals surface area contributed by atoms with E-state index in [0.717, 1.165) is 11.1 Å². The predicted octanol–water partition coefficient (Wildman–Crippen LogP) is 4.50. The number of benzene rings is 2. The SMILES string of the molecule is CC(=O)N1CCN(c2ccc(C(=O)NC(c3ccc(Cl)cc3)c3ccsc3)cc2[N+](=O)[O-])CC1. The van der Waals surface area contributed by atoms with Crippen molar-refractivity contribution in [2.24, 2.45) is 0 Å². The van der Waals surface area contributed by atoms with Gasteiger partial charge in [-0.25, -0.2) is 0 Å². The van der Waals surface area contributed by atoms with E-state index in [-0.39, 0.29) is 17.2 Å². The highest BCUT2D eigenvalue weighted by Crippen LogP contribution is 2.31. The Kier molecular flexibility index (Phi) is 7.14. The summed E-state index contributed by atoms with van der Waals surface area (Å²) in [6, 6.07) is 13.2. The minimum atomic E-state index is -0.473. The average Bonchev–Trinajstić information content (AvgIpc) is 3.37. The fraction of sp³-hybridized carbons (Fsp3) is 0.250. The van der Waals surface area contributed by atoms with Crippen molar-refractivity contribution in [1.82, 2.24) is 10.2 Å². The molecule has 4 rings (SSSR count). The summed E-state index contributed by atoms with van der Waals surface area (Å²) in [5.74, 6) is -0.427. The van der Waals surface area contributed by atoms with Crippen LogP contribution in [0, 0.1) is 10.1 Å². The zero-order valence-corrected chi connectivity index (χ0v) is 20.0. The zero-order valence-electron chi connectivity index (χ0n) is 18.4. The molecule has 34 heavy (non-hydrogen) atoms. The van der Waals surface area contributed by atoms with E-state index in [0.29, 0.717) is 36.9 Å². The first kappa shape index (κ1) is 23.7. The monoisotopic (exact) mass is 498 g/mol. The quantitative estimate of drug-likeness (QED) is 0.399. The Hall–Kier alpha value is -3.43. The van der Waals surface area contributed by atoms with Gasteiger partial charge in [-0.1, -0.05) is 23.7 Å². The zero-order chi connectivity index (χ0) is 24.2. The van der Waals surface area contributed by atoms with E-state index < -0.39 is 16.9 Å². The van der Waals surface area contributed by atoms with Crippen LogP contribution in [0.15, 0.2) is 59.3 Å². The summed E-state index contributed by atoms with van der Waals surface area (Å²) < 4.78 is 0. The van der Waals surface area contributed by atoms with Gasteiger partial charge in [0.15, 0.2) is 0 Å². The normalized spacial score (nSPS) is 14.5. The van der Waals surface area contributed by atoms with Crippen LogP contribution in [0.3, 0.4) is 0 Å². The van der Waals surface area contributed by atoms with Crippen LogP contribution in [-0.4, -0.2) is 47.8 Å². The second-order valence-electron chi connectivity index (χ2n) is 7.97. The first-order valence-corrected chi connectivity index (χ1v) is 12.0. The molecule has 2 amide bonds. The third-order valence-corrected chi connectivity index (χ3v) is 6.81. The van der Waals surface area contributed by atoms with E-state index in [1.807, 2.05) is 33.9 Å². The van der Waals surface area contributed by atoms with Crippen LogP contribution >= 0.6 is 22.9 Å². The van der Waals surface area contributed by atoms with Gasteiger partial charge in [0.05, 0.1) is 11.0 Å². The molecular weight excluding hydrogens is 476 g/mol. The highest BCUT2D eigenvalue weighted by Gasteiger charge is 2.27. The van der Waals surface area contributed by atoms with Crippen LogP contribution in [-0.2, 0) is 4.79 Å². The molecule has 1 fully saturated rings. The van der Waals surface area contributed by atoms with E-state index in [1.165, 1.54) is 24.3 Å². The van der Waals surface area contributed by atoms with Gasteiger partial charge in [0.1, 0.15) is 5.69 Å². The molecule has 8 nitrogen and oxygen atoms in total. The van der Waals surface area contributed by atoms with Gasteiger partial charge in [-0.05, 0) is 52.2 Å². The predicted molar refractivity (Wildman–Crippen MR) is 133 cm³/mol. The van der Waals surface area contributed by atoms with Crippen LogP contribution in [0.1, 0.15) is 34.5 Å². The van der Waals surface area contributed by atoms with Crippen molar-refractivity contribution in [3.8, 4) is 0 Å². The van der Waals surface area contributed by atoms with Gasteiger partial charge < -0.3 is 15.1 Å². The van der Waals surface area contributed by atoms with Crippen molar-refractivity contribution in [2.75, 3.05) is 31.1 Å². The van der Waals surface area contributed by atoms with E-state index in [2.05, 4.69) is 5.32 Å². The number of hydrogen-bond acceptors (Lipinski definition) is 6. The van der Waals surface area contributed by atoms with Gasteiger partial charge in [-0.3, -0.25) is 19.7 Å². The number of nitrogens with one attached hydrogen (secondary N) is 1. The summed E-state index contributed by atoms with van der Waals surface area (Å²) in [4.78, 5) is 39.7. The molecule has 10 heteroatoms. The first-order chi connectivity index (χ1) is 16.3. The largest absolute Gasteiger partial charge is 0.362 e. The molecule has 2 aromatic carbocycles. The standard InChI is InChI=1S/C24H23ClN4O4S/c1-16(30)27-9-11-28(12-10-27)21-7-4-18(14-22(21)29(32)33)24(31)26-23(19-8-13-34-15-19)17-2-5-20(25)6-3-17/h2-8,13-15,23H,9-12H2,1H3,(H,26,31). The number of nitrogens with zero attached hydrogens (tertiary/aromatic N) is 3. The van der Waals surface area contributed by atoms with E-state index in [4.69, 9.17) is 11.6 Å². The lowest BCUT2D eigenvalue weighted by Crippen LogP contribution is -2.48. The summed E-state index contributed by atoms with van der Waals surface area (Å²) in [5, 5.41) is 19.3. The Morgan fingerprint density at radius 1 is 1.06 bits per heavy atom. The number of hydrogen-bond donors (Lipinski definition) is 1. The second-order valence-corrected chi connectivity index (χ2v) is 9.18. The molecule has 1 aliphatic heterocycles. The lowest BCUT2D eigenvalue weighted by molar-refractivity contribution is -0.384. The van der Waals surface area contributed by atoms with Crippen LogP contribution in [0.2, 0.25) is 5.02 Å². The summed E-state index contributed by atoms with van der Waals surface area (Å²) in [6.45, 7) is 3.49. The van der Waals surface area contributed by atoms with Gasteiger partial charge in [0, 0.05) is 49.8 Å². The van der Waals surface area contributed by atoms with Crippen LogP contribution in [0.4, 0.5) is 11.4 Å². The van der Waals surface area contributed by atoms with Crippen LogP contribution in [0.25, 0.3) is 0 Å². The summed E-state index contributed by atoms with van der Waals surface area (Å²) in [5.41, 5.74) is 2.27. The van der Waals surface area contributed by atoms with Crippen LogP contribution in [0.5, 0.6) is 0 Å². The Morgan fingerprint density at radius 3 is 2.35 bits per heavy atom. The maximum Gasteiger partial charge on any atom is 0.293 e. The fourth-order valence-corrected chi connectivity index (χ4v) is 4.82. The topological polar surface area (TPSA) is 95.8 Å². The minimum Gasteiger partial charge on any atom is -0.362 e. The number of carbonyl (C=O) groups is 2.